The average molecular weight is 227 g/mol. The maximum atomic E-state index is 11.7. The van der Waals surface area contributed by atoms with E-state index in [9.17, 15) is 9.18 Å². The number of carbonyl (C=O) groups is 1. The van der Waals surface area contributed by atoms with Crippen molar-refractivity contribution in [3.8, 4) is 5.75 Å². The predicted octanol–water partition coefficient (Wildman–Crippen LogP) is 1.55. The lowest BCUT2D eigenvalue weighted by molar-refractivity contribution is -0.144. The summed E-state index contributed by atoms with van der Waals surface area (Å²) in [4.78, 5) is 11.0. The Balaban J connectivity index is 2.25. The van der Waals surface area contributed by atoms with Gasteiger partial charge in [0.15, 0.2) is 0 Å². The van der Waals surface area contributed by atoms with Crippen molar-refractivity contribution in [1.82, 2.24) is 0 Å². The minimum absolute atomic E-state index is 0.0777. The minimum atomic E-state index is -0.668. The van der Waals surface area contributed by atoms with Crippen molar-refractivity contribution in [2.75, 3.05) is 25.6 Å². The molecule has 0 unspecified atom stereocenters. The Morgan fingerprint density at radius 1 is 1.31 bits per heavy atom. The van der Waals surface area contributed by atoms with E-state index in [2.05, 4.69) is 4.74 Å². The molecule has 5 heteroatoms. The maximum Gasteiger partial charge on any atom is 0.309 e. The molecule has 0 atom stereocenters. The van der Waals surface area contributed by atoms with Crippen LogP contribution in [0, 0.1) is 0 Å². The van der Waals surface area contributed by atoms with Crippen molar-refractivity contribution in [3.63, 3.8) is 0 Å². The fourth-order valence-corrected chi connectivity index (χ4v) is 1.08. The van der Waals surface area contributed by atoms with E-state index in [1.165, 1.54) is 0 Å². The second-order valence-electron chi connectivity index (χ2n) is 3.05. The van der Waals surface area contributed by atoms with Crippen LogP contribution in [0.25, 0.3) is 0 Å². The lowest BCUT2D eigenvalue weighted by Gasteiger charge is -2.07. The normalized spacial score (nSPS) is 9.81. The number of hydrogen-bond donors (Lipinski definition) is 1. The number of nitrogen functional groups attached to an aromatic ring is 1. The Morgan fingerprint density at radius 2 is 2.06 bits per heavy atom. The molecule has 0 aliphatic rings. The quantitative estimate of drug-likeness (QED) is 0.591. The molecule has 0 aromatic heterocycles. The van der Waals surface area contributed by atoms with E-state index in [1.54, 1.807) is 24.3 Å². The van der Waals surface area contributed by atoms with E-state index in [4.69, 9.17) is 10.5 Å². The Hall–Kier alpha value is -1.78. The number of alkyl halides is 1. The number of hydrogen-bond acceptors (Lipinski definition) is 4. The van der Waals surface area contributed by atoms with Crippen LogP contribution in [0.3, 0.4) is 0 Å². The number of para-hydroxylation sites is 2. The number of halogens is 1. The van der Waals surface area contributed by atoms with Gasteiger partial charge in [-0.3, -0.25) is 4.79 Å². The Kier molecular flexibility index (Phi) is 5.11. The van der Waals surface area contributed by atoms with Gasteiger partial charge in [-0.15, -0.1) is 0 Å². The third-order valence-corrected chi connectivity index (χ3v) is 1.82. The molecule has 88 valence electrons. The molecular formula is C11H14FNO3. The van der Waals surface area contributed by atoms with Gasteiger partial charge >= 0.3 is 5.97 Å². The summed E-state index contributed by atoms with van der Waals surface area (Å²) in [5.74, 6) is 0.0490. The highest BCUT2D eigenvalue weighted by atomic mass is 19.1. The van der Waals surface area contributed by atoms with Crippen LogP contribution in [0.2, 0.25) is 0 Å². The first-order valence-electron chi connectivity index (χ1n) is 4.93. The van der Waals surface area contributed by atoms with Gasteiger partial charge in [-0.05, 0) is 12.1 Å². The first kappa shape index (κ1) is 12.3. The number of rotatable bonds is 6. The molecule has 0 aliphatic carbocycles. The molecule has 2 N–H and O–H groups in total. The highest BCUT2D eigenvalue weighted by Crippen LogP contribution is 2.19. The van der Waals surface area contributed by atoms with Crippen LogP contribution >= 0.6 is 0 Å². The average Bonchev–Trinajstić information content (AvgIpc) is 2.29. The summed E-state index contributed by atoms with van der Waals surface area (Å²) >= 11 is 0. The van der Waals surface area contributed by atoms with Gasteiger partial charge in [0.2, 0.25) is 0 Å². The third-order valence-electron chi connectivity index (χ3n) is 1.82. The van der Waals surface area contributed by atoms with Gasteiger partial charge in [-0.2, -0.15) is 0 Å². The summed E-state index contributed by atoms with van der Waals surface area (Å²) < 4.78 is 21.5. The zero-order valence-corrected chi connectivity index (χ0v) is 8.82. The van der Waals surface area contributed by atoms with Crippen LogP contribution in [0.1, 0.15) is 6.42 Å². The fraction of sp³-hybridized carbons (Fsp3) is 0.364. The van der Waals surface area contributed by atoms with Gasteiger partial charge in [-0.1, -0.05) is 12.1 Å². The molecular weight excluding hydrogens is 213 g/mol. The van der Waals surface area contributed by atoms with E-state index in [0.29, 0.717) is 11.4 Å². The minimum Gasteiger partial charge on any atom is -0.491 e. The van der Waals surface area contributed by atoms with E-state index < -0.39 is 12.6 Å². The van der Waals surface area contributed by atoms with Crippen molar-refractivity contribution in [2.45, 2.75) is 6.42 Å². The molecule has 0 amide bonds. The number of nitrogens with two attached hydrogens (primary N) is 1. The largest absolute Gasteiger partial charge is 0.491 e. The van der Waals surface area contributed by atoms with Crippen molar-refractivity contribution in [2.24, 2.45) is 0 Å². The van der Waals surface area contributed by atoms with Gasteiger partial charge in [0.05, 0.1) is 18.7 Å². The van der Waals surface area contributed by atoms with Gasteiger partial charge < -0.3 is 15.2 Å². The zero-order valence-electron chi connectivity index (χ0n) is 8.82. The van der Waals surface area contributed by atoms with Crippen LogP contribution in [0.4, 0.5) is 10.1 Å². The molecule has 16 heavy (non-hydrogen) atoms. The third kappa shape index (κ3) is 4.16. The van der Waals surface area contributed by atoms with Crippen molar-refractivity contribution in [3.05, 3.63) is 24.3 Å². The summed E-state index contributed by atoms with van der Waals surface area (Å²) in [5, 5.41) is 0. The lowest BCUT2D eigenvalue weighted by atomic mass is 10.3. The molecule has 0 radical (unpaired) electrons. The fourth-order valence-electron chi connectivity index (χ4n) is 1.08. The van der Waals surface area contributed by atoms with Gasteiger partial charge in [0.1, 0.15) is 19.0 Å². The van der Waals surface area contributed by atoms with Crippen molar-refractivity contribution < 1.29 is 18.7 Å². The van der Waals surface area contributed by atoms with Crippen LogP contribution in [0.15, 0.2) is 24.3 Å². The molecule has 0 heterocycles. The molecule has 0 spiro atoms. The number of benzene rings is 1. The molecule has 1 aromatic rings. The molecule has 0 aliphatic heterocycles. The second-order valence-corrected chi connectivity index (χ2v) is 3.05. The molecule has 4 nitrogen and oxygen atoms in total. The highest BCUT2D eigenvalue weighted by molar-refractivity contribution is 5.69. The Morgan fingerprint density at radius 3 is 2.75 bits per heavy atom. The lowest BCUT2D eigenvalue weighted by Crippen LogP contribution is -2.11. The van der Waals surface area contributed by atoms with Crippen LogP contribution in [-0.4, -0.2) is 25.9 Å². The molecule has 0 saturated carbocycles. The molecule has 1 rings (SSSR count). The molecule has 0 saturated heterocycles. The molecule has 1 aromatic carbocycles. The Bertz CT molecular complexity index is 344. The van der Waals surface area contributed by atoms with Crippen molar-refractivity contribution >= 4 is 11.7 Å². The Labute approximate surface area is 93.2 Å². The highest BCUT2D eigenvalue weighted by Gasteiger charge is 2.04. The number of ether oxygens (including phenoxy) is 2. The van der Waals surface area contributed by atoms with E-state index in [0.717, 1.165) is 0 Å². The number of carbonyl (C=O) groups excluding carboxylic acids is 1. The summed E-state index contributed by atoms with van der Waals surface area (Å²) in [6.45, 7) is -0.704. The summed E-state index contributed by atoms with van der Waals surface area (Å²) in [6.07, 6.45) is 0.0777. The molecule has 0 bridgehead atoms. The van der Waals surface area contributed by atoms with E-state index >= 15 is 0 Å². The number of esters is 1. The monoisotopic (exact) mass is 227 g/mol. The zero-order chi connectivity index (χ0) is 11.8. The number of anilines is 1. The van der Waals surface area contributed by atoms with Crippen LogP contribution < -0.4 is 10.5 Å². The van der Waals surface area contributed by atoms with E-state index in [-0.39, 0.29) is 19.6 Å². The first-order chi connectivity index (χ1) is 7.74. The second kappa shape index (κ2) is 6.66. The van der Waals surface area contributed by atoms with E-state index in [1.807, 2.05) is 0 Å². The standard InChI is InChI=1S/C11H14FNO3/c12-6-8-16-11(14)5-7-15-10-4-2-1-3-9(10)13/h1-4H,5-8,13H2. The topological polar surface area (TPSA) is 61.5 Å². The molecule has 0 fully saturated rings. The maximum absolute atomic E-state index is 11.7. The van der Waals surface area contributed by atoms with Gasteiger partial charge in [0, 0.05) is 0 Å². The summed E-state index contributed by atoms with van der Waals surface area (Å²) in [5.41, 5.74) is 6.14. The summed E-state index contributed by atoms with van der Waals surface area (Å²) in [7, 11) is 0. The van der Waals surface area contributed by atoms with Crippen molar-refractivity contribution in [1.29, 1.82) is 0 Å². The van der Waals surface area contributed by atoms with Gasteiger partial charge in [-0.25, -0.2) is 4.39 Å². The van der Waals surface area contributed by atoms with Crippen LogP contribution in [-0.2, 0) is 9.53 Å². The first-order valence-corrected chi connectivity index (χ1v) is 4.93. The van der Waals surface area contributed by atoms with Crippen LogP contribution in [0.5, 0.6) is 5.75 Å². The SMILES string of the molecule is Nc1ccccc1OCCC(=O)OCCF. The van der Waals surface area contributed by atoms with Gasteiger partial charge in [0.25, 0.3) is 0 Å². The predicted molar refractivity (Wildman–Crippen MR) is 57.9 cm³/mol. The summed E-state index contributed by atoms with van der Waals surface area (Å²) in [6, 6.07) is 6.99. The smallest absolute Gasteiger partial charge is 0.309 e.